The Hall–Kier alpha value is -3.08. The van der Waals surface area contributed by atoms with Crippen LogP contribution in [0.1, 0.15) is 86.1 Å². The van der Waals surface area contributed by atoms with Crippen LogP contribution in [0.4, 0.5) is 5.69 Å². The Morgan fingerprint density at radius 3 is 2.63 bits per heavy atom. The molecule has 0 saturated heterocycles. The molecule has 11 heteroatoms. The molecule has 3 aliphatic rings. The molecule has 6 rings (SSSR count). The predicted molar refractivity (Wildman–Crippen MR) is 180 cm³/mol. The fraction of sp³-hybridized carbons (Fsp3) is 0.543. The molecule has 46 heavy (non-hydrogen) atoms. The second-order valence-electron chi connectivity index (χ2n) is 13.6. The monoisotopic (exact) mass is 668 g/mol. The Balaban J connectivity index is 1.42. The number of nitrogens with one attached hydrogen (secondary N) is 1. The van der Waals surface area contributed by atoms with E-state index in [-0.39, 0.29) is 23.3 Å². The molecule has 2 aliphatic heterocycles. The predicted octanol–water partition coefficient (Wildman–Crippen LogP) is 5.98. The number of carbonyl (C=O) groups excluding carboxylic acids is 1. The average molecular weight is 669 g/mol. The topological polar surface area (TPSA) is 114 Å². The van der Waals surface area contributed by atoms with E-state index in [1.54, 1.807) is 31.3 Å². The van der Waals surface area contributed by atoms with Crippen LogP contribution in [0.3, 0.4) is 0 Å². The minimum atomic E-state index is -3.96. The highest BCUT2D eigenvalue weighted by Gasteiger charge is 2.50. The number of ether oxygens (including phenoxy) is 1. The zero-order valence-corrected chi connectivity index (χ0v) is 28.5. The molecule has 2 aromatic carbocycles. The smallest absolute Gasteiger partial charge is 0.264 e. The number of hydrogen-bond acceptors (Lipinski definition) is 7. The standard InChI is InChI=1S/C35H45ClN4O5S/c1-23-7-6-15-35(42,34-37-16-18-39(34)3)30-13-10-27(30)21-40-17-5-4-8-25-19-29(36)12-9-28(25)22-45-32-14-11-26(20-31(32)40)33(41)38-46(43,44)24(23)2/h9,11-12,14,16,18-20,23-24,27,30,42H,4-8,10,13,15,17,21-22H2,1-3H3,(H,38,41)/t23-,24+,27-,30+,35-/m0/s1. The number of imidazole rings is 1. The van der Waals surface area contributed by atoms with Crippen molar-refractivity contribution in [2.75, 3.05) is 18.0 Å². The lowest BCUT2D eigenvalue weighted by atomic mass is 9.62. The number of carbonyl (C=O) groups is 1. The molecule has 2 N–H and O–H groups in total. The van der Waals surface area contributed by atoms with Gasteiger partial charge in [0.25, 0.3) is 5.91 Å². The van der Waals surface area contributed by atoms with E-state index < -0.39 is 26.8 Å². The zero-order valence-electron chi connectivity index (χ0n) is 26.9. The first-order valence-electron chi connectivity index (χ1n) is 16.5. The Bertz CT molecular complexity index is 1690. The van der Waals surface area contributed by atoms with Crippen molar-refractivity contribution >= 4 is 33.2 Å². The van der Waals surface area contributed by atoms with E-state index in [1.165, 1.54) is 0 Å². The van der Waals surface area contributed by atoms with Crippen LogP contribution in [0, 0.1) is 17.8 Å². The van der Waals surface area contributed by atoms with Gasteiger partial charge in [0, 0.05) is 43.1 Å². The van der Waals surface area contributed by atoms with Crippen molar-refractivity contribution in [1.29, 1.82) is 0 Å². The van der Waals surface area contributed by atoms with E-state index in [1.807, 2.05) is 42.9 Å². The largest absolute Gasteiger partial charge is 0.487 e. The van der Waals surface area contributed by atoms with Gasteiger partial charge in [-0.1, -0.05) is 24.6 Å². The summed E-state index contributed by atoms with van der Waals surface area (Å²) in [4.78, 5) is 20.4. The molecule has 1 saturated carbocycles. The van der Waals surface area contributed by atoms with Crippen molar-refractivity contribution in [2.45, 2.75) is 82.7 Å². The third-order valence-corrected chi connectivity index (χ3v) is 12.8. The molecule has 9 nitrogen and oxygen atoms in total. The highest BCUT2D eigenvalue weighted by Crippen LogP contribution is 2.50. The summed E-state index contributed by atoms with van der Waals surface area (Å²) in [5.41, 5.74) is 2.09. The number of aromatic nitrogens is 2. The molecule has 0 spiro atoms. The second-order valence-corrected chi connectivity index (χ2v) is 16.0. The van der Waals surface area contributed by atoms with Crippen molar-refractivity contribution in [2.24, 2.45) is 24.8 Å². The van der Waals surface area contributed by atoms with Crippen molar-refractivity contribution in [3.63, 3.8) is 0 Å². The summed E-state index contributed by atoms with van der Waals surface area (Å²) in [6.07, 6.45) is 9.87. The maximum atomic E-state index is 13.5. The third kappa shape index (κ3) is 6.53. The van der Waals surface area contributed by atoms with Gasteiger partial charge in [0.1, 0.15) is 23.8 Å². The van der Waals surface area contributed by atoms with Crippen molar-refractivity contribution in [1.82, 2.24) is 14.3 Å². The highest BCUT2D eigenvalue weighted by atomic mass is 35.5. The SMILES string of the molecule is C[C@@H]1[C@@H](C)CCC[C@@](O)(c2nccn2C)[C@@H]2CC[C@H]2CN2CCCCc3cc(Cl)ccc3COc3ccc(cc32)C(=O)NS1(=O)=O. The molecule has 1 aromatic heterocycles. The summed E-state index contributed by atoms with van der Waals surface area (Å²) in [6, 6.07) is 11.1. The molecular weight excluding hydrogens is 624 g/mol. The molecule has 3 heterocycles. The molecule has 248 valence electrons. The number of nitrogens with zero attached hydrogens (tertiary/aromatic N) is 3. The van der Waals surface area contributed by atoms with Crippen LogP contribution in [-0.4, -0.2) is 47.3 Å². The molecular formula is C35H45ClN4O5S. The van der Waals surface area contributed by atoms with Crippen molar-refractivity contribution in [3.8, 4) is 5.75 Å². The van der Waals surface area contributed by atoms with E-state index >= 15 is 0 Å². The summed E-state index contributed by atoms with van der Waals surface area (Å²) >= 11 is 6.35. The quantitative estimate of drug-likeness (QED) is 0.328. The summed E-state index contributed by atoms with van der Waals surface area (Å²) in [7, 11) is -2.04. The van der Waals surface area contributed by atoms with Gasteiger partial charge < -0.3 is 19.3 Å². The molecule has 1 amide bonds. The fourth-order valence-electron chi connectivity index (χ4n) is 7.54. The number of sulfonamides is 1. The van der Waals surface area contributed by atoms with Crippen LogP contribution in [0.5, 0.6) is 5.75 Å². The Kier molecular flexibility index (Phi) is 9.43. The van der Waals surface area contributed by atoms with Crippen LogP contribution in [0.2, 0.25) is 5.02 Å². The molecule has 1 aliphatic carbocycles. The summed E-state index contributed by atoms with van der Waals surface area (Å²) in [6.45, 7) is 5.27. The molecule has 2 bridgehead atoms. The first-order chi connectivity index (χ1) is 22.0. The van der Waals surface area contributed by atoms with Gasteiger partial charge in [0.05, 0.1) is 10.9 Å². The van der Waals surface area contributed by atoms with Gasteiger partial charge in [0.2, 0.25) is 10.0 Å². The molecule has 0 unspecified atom stereocenters. The van der Waals surface area contributed by atoms with Crippen LogP contribution in [0.25, 0.3) is 0 Å². The average Bonchev–Trinajstić information content (AvgIpc) is 3.43. The molecule has 3 aromatic rings. The van der Waals surface area contributed by atoms with Crippen LogP contribution >= 0.6 is 11.6 Å². The number of amides is 1. The first-order valence-corrected chi connectivity index (χ1v) is 18.4. The lowest BCUT2D eigenvalue weighted by Gasteiger charge is -2.49. The molecule has 1 fully saturated rings. The number of halogens is 1. The van der Waals surface area contributed by atoms with Gasteiger partial charge in [-0.2, -0.15) is 0 Å². The minimum absolute atomic E-state index is 0.0154. The molecule has 0 radical (unpaired) electrons. The van der Waals surface area contributed by atoms with Gasteiger partial charge in [-0.25, -0.2) is 18.1 Å². The van der Waals surface area contributed by atoms with Crippen molar-refractivity contribution in [3.05, 3.63) is 76.3 Å². The van der Waals surface area contributed by atoms with E-state index in [2.05, 4.69) is 14.6 Å². The van der Waals surface area contributed by atoms with E-state index in [0.29, 0.717) is 55.6 Å². The summed E-state index contributed by atoms with van der Waals surface area (Å²) in [5, 5.41) is 12.4. The second kappa shape index (κ2) is 13.2. The minimum Gasteiger partial charge on any atom is -0.487 e. The number of benzene rings is 2. The fourth-order valence-corrected chi connectivity index (χ4v) is 9.04. The van der Waals surface area contributed by atoms with Crippen LogP contribution < -0.4 is 14.4 Å². The number of aliphatic hydroxyl groups is 1. The van der Waals surface area contributed by atoms with Gasteiger partial charge in [-0.05, 0) is 118 Å². The van der Waals surface area contributed by atoms with Crippen LogP contribution in [-0.2, 0) is 35.7 Å². The maximum absolute atomic E-state index is 13.5. The van der Waals surface area contributed by atoms with E-state index in [9.17, 15) is 18.3 Å². The summed E-state index contributed by atoms with van der Waals surface area (Å²) < 4.78 is 37.5. The third-order valence-electron chi connectivity index (χ3n) is 10.7. The van der Waals surface area contributed by atoms with Crippen molar-refractivity contribution < 1.29 is 23.1 Å². The van der Waals surface area contributed by atoms with Crippen LogP contribution in [0.15, 0.2) is 48.8 Å². The Morgan fingerprint density at radius 2 is 1.89 bits per heavy atom. The lowest BCUT2D eigenvalue weighted by Crippen LogP contribution is -2.50. The maximum Gasteiger partial charge on any atom is 0.264 e. The zero-order chi connectivity index (χ0) is 32.6. The number of hydrogen-bond donors (Lipinski definition) is 2. The van der Waals surface area contributed by atoms with Gasteiger partial charge >= 0.3 is 0 Å². The number of rotatable bonds is 1. The highest BCUT2D eigenvalue weighted by molar-refractivity contribution is 7.90. The summed E-state index contributed by atoms with van der Waals surface area (Å²) in [5.74, 6) is 0.587. The van der Waals surface area contributed by atoms with Gasteiger partial charge in [-0.15, -0.1) is 0 Å². The Morgan fingerprint density at radius 1 is 1.07 bits per heavy atom. The number of aryl methyl sites for hydroxylation is 2. The van der Waals surface area contributed by atoms with Gasteiger partial charge in [0.15, 0.2) is 0 Å². The number of fused-ring (bicyclic) bond motifs is 3. The number of anilines is 1. The lowest BCUT2D eigenvalue weighted by molar-refractivity contribution is -0.102. The van der Waals surface area contributed by atoms with E-state index in [4.69, 9.17) is 16.3 Å². The van der Waals surface area contributed by atoms with E-state index in [0.717, 1.165) is 48.9 Å². The first kappa shape index (κ1) is 32.8. The molecule has 5 atom stereocenters. The Labute approximate surface area is 277 Å². The normalized spacial score (nSPS) is 28.8. The van der Waals surface area contributed by atoms with Gasteiger partial charge in [-0.3, -0.25) is 4.79 Å².